The number of anilines is 2. The third kappa shape index (κ3) is 4.27. The highest BCUT2D eigenvalue weighted by Crippen LogP contribution is 2.32. The molecule has 0 bridgehead atoms. The molecule has 2 heterocycles. The molecule has 0 radical (unpaired) electrons. The monoisotopic (exact) mass is 415 g/mol. The highest BCUT2D eigenvalue weighted by atomic mass is 16.6. The first kappa shape index (κ1) is 21.3. The Morgan fingerprint density at radius 1 is 1.27 bits per heavy atom. The van der Waals surface area contributed by atoms with Gasteiger partial charge in [0.25, 0.3) is 11.6 Å². The molecule has 2 aromatic rings. The average molecular weight is 415 g/mol. The standard InChI is InChI=1S/C20H25N5O5/c1-12-18(13(2)23(4)22-12)21-19(26)14(3)30-20(27)15-7-8-16(17(11-15)25(28)29)24-9-5-6-10-24/h7-8,11,14H,5-6,9-10H2,1-4H3,(H,21,26)/t14-/m1/s1. The van der Waals surface area contributed by atoms with Crippen LogP contribution in [0.1, 0.15) is 41.5 Å². The summed E-state index contributed by atoms with van der Waals surface area (Å²) in [6.45, 7) is 6.51. The van der Waals surface area contributed by atoms with Crippen LogP contribution in [0, 0.1) is 24.0 Å². The van der Waals surface area contributed by atoms with Crippen molar-refractivity contribution < 1.29 is 19.2 Å². The van der Waals surface area contributed by atoms with Crippen molar-refractivity contribution in [3.05, 3.63) is 45.3 Å². The largest absolute Gasteiger partial charge is 0.449 e. The van der Waals surface area contributed by atoms with Crippen LogP contribution in [0.25, 0.3) is 0 Å². The summed E-state index contributed by atoms with van der Waals surface area (Å²) in [5, 5.41) is 18.4. The maximum Gasteiger partial charge on any atom is 0.339 e. The molecule has 160 valence electrons. The summed E-state index contributed by atoms with van der Waals surface area (Å²) in [6, 6.07) is 4.26. The number of amides is 1. The Bertz CT molecular complexity index is 994. The van der Waals surface area contributed by atoms with Gasteiger partial charge < -0.3 is 15.0 Å². The van der Waals surface area contributed by atoms with E-state index in [2.05, 4.69) is 10.4 Å². The molecule has 1 fully saturated rings. The summed E-state index contributed by atoms with van der Waals surface area (Å²) in [5.74, 6) is -1.31. The molecule has 10 nitrogen and oxygen atoms in total. The lowest BCUT2D eigenvalue weighted by Crippen LogP contribution is -2.30. The summed E-state index contributed by atoms with van der Waals surface area (Å²) in [6.07, 6.45) is 0.862. The number of aromatic nitrogens is 2. The number of nitrogens with zero attached hydrogens (tertiary/aromatic N) is 4. The normalized spacial score (nSPS) is 14.5. The van der Waals surface area contributed by atoms with Crippen LogP contribution < -0.4 is 10.2 Å². The second-order valence-corrected chi connectivity index (χ2v) is 7.36. The van der Waals surface area contributed by atoms with Gasteiger partial charge in [0.1, 0.15) is 5.69 Å². The van der Waals surface area contributed by atoms with E-state index in [1.165, 1.54) is 19.1 Å². The molecule has 1 aliphatic heterocycles. The molecule has 1 saturated heterocycles. The summed E-state index contributed by atoms with van der Waals surface area (Å²) in [5.41, 5.74) is 2.35. The minimum Gasteiger partial charge on any atom is -0.449 e. The minimum atomic E-state index is -1.09. The number of benzene rings is 1. The lowest BCUT2D eigenvalue weighted by molar-refractivity contribution is -0.384. The Balaban J connectivity index is 1.72. The first-order valence-corrected chi connectivity index (χ1v) is 9.74. The Morgan fingerprint density at radius 3 is 2.50 bits per heavy atom. The summed E-state index contributed by atoms with van der Waals surface area (Å²) in [7, 11) is 1.76. The number of nitro benzene ring substituents is 1. The molecule has 1 amide bonds. The van der Waals surface area contributed by atoms with E-state index in [9.17, 15) is 19.7 Å². The highest BCUT2D eigenvalue weighted by molar-refractivity contribution is 5.98. The zero-order chi connectivity index (χ0) is 22.0. The molecule has 1 aromatic heterocycles. The Hall–Kier alpha value is -3.43. The molecule has 1 aliphatic rings. The van der Waals surface area contributed by atoms with Gasteiger partial charge in [-0.25, -0.2) is 4.79 Å². The quantitative estimate of drug-likeness (QED) is 0.437. The van der Waals surface area contributed by atoms with Gasteiger partial charge in [0.15, 0.2) is 6.10 Å². The average Bonchev–Trinajstić information content (AvgIpc) is 3.32. The van der Waals surface area contributed by atoms with E-state index in [0.29, 0.717) is 17.1 Å². The SMILES string of the molecule is Cc1nn(C)c(C)c1NC(=O)[C@@H](C)OC(=O)c1ccc(N2CCCC2)c([N+](=O)[O-])c1. The number of rotatable bonds is 6. The number of hydrogen-bond donors (Lipinski definition) is 1. The Morgan fingerprint density at radius 2 is 1.93 bits per heavy atom. The van der Waals surface area contributed by atoms with Crippen LogP contribution in [0.4, 0.5) is 17.1 Å². The Labute approximate surface area is 174 Å². The first-order chi connectivity index (χ1) is 14.2. The van der Waals surface area contributed by atoms with Gasteiger partial charge in [0, 0.05) is 26.2 Å². The van der Waals surface area contributed by atoms with Gasteiger partial charge in [0.2, 0.25) is 0 Å². The predicted molar refractivity (Wildman–Crippen MR) is 111 cm³/mol. The van der Waals surface area contributed by atoms with E-state index in [1.54, 1.807) is 24.7 Å². The molecule has 1 atom stereocenters. The van der Waals surface area contributed by atoms with Crippen LogP contribution in [0.2, 0.25) is 0 Å². The summed E-state index contributed by atoms with van der Waals surface area (Å²) in [4.78, 5) is 37.9. The fourth-order valence-electron chi connectivity index (χ4n) is 3.48. The zero-order valence-electron chi connectivity index (χ0n) is 17.5. The highest BCUT2D eigenvalue weighted by Gasteiger charge is 2.26. The van der Waals surface area contributed by atoms with E-state index in [-0.39, 0.29) is 11.3 Å². The van der Waals surface area contributed by atoms with Crippen molar-refractivity contribution in [2.75, 3.05) is 23.3 Å². The fraction of sp³-hybridized carbons (Fsp3) is 0.450. The van der Waals surface area contributed by atoms with Gasteiger partial charge >= 0.3 is 5.97 Å². The maximum absolute atomic E-state index is 12.5. The molecule has 30 heavy (non-hydrogen) atoms. The molecular formula is C20H25N5O5. The van der Waals surface area contributed by atoms with Crippen LogP contribution in [0.15, 0.2) is 18.2 Å². The molecule has 0 saturated carbocycles. The van der Waals surface area contributed by atoms with Crippen molar-refractivity contribution in [3.63, 3.8) is 0 Å². The van der Waals surface area contributed by atoms with Crippen LogP contribution in [0.5, 0.6) is 0 Å². The van der Waals surface area contributed by atoms with E-state index < -0.39 is 22.9 Å². The smallest absolute Gasteiger partial charge is 0.339 e. The summed E-state index contributed by atoms with van der Waals surface area (Å²) >= 11 is 0. The topological polar surface area (TPSA) is 120 Å². The van der Waals surface area contributed by atoms with Crippen molar-refractivity contribution in [1.29, 1.82) is 0 Å². The van der Waals surface area contributed by atoms with Gasteiger partial charge in [-0.15, -0.1) is 0 Å². The third-order valence-corrected chi connectivity index (χ3v) is 5.26. The van der Waals surface area contributed by atoms with Gasteiger partial charge in [-0.1, -0.05) is 0 Å². The number of nitro groups is 1. The van der Waals surface area contributed by atoms with E-state index in [1.807, 2.05) is 11.8 Å². The van der Waals surface area contributed by atoms with Gasteiger partial charge in [-0.05, 0) is 45.7 Å². The second kappa shape index (κ2) is 8.52. The fourth-order valence-corrected chi connectivity index (χ4v) is 3.48. The molecule has 10 heteroatoms. The van der Waals surface area contributed by atoms with E-state index >= 15 is 0 Å². The van der Waals surface area contributed by atoms with Crippen molar-refractivity contribution in [2.45, 2.75) is 39.7 Å². The number of carbonyl (C=O) groups is 2. The molecule has 0 spiro atoms. The second-order valence-electron chi connectivity index (χ2n) is 7.36. The lowest BCUT2D eigenvalue weighted by atomic mass is 10.1. The maximum atomic E-state index is 12.5. The minimum absolute atomic E-state index is 0.0260. The van der Waals surface area contributed by atoms with E-state index in [0.717, 1.165) is 31.6 Å². The third-order valence-electron chi connectivity index (χ3n) is 5.26. The van der Waals surface area contributed by atoms with Gasteiger partial charge in [-0.3, -0.25) is 19.6 Å². The number of esters is 1. The molecule has 3 rings (SSSR count). The number of aryl methyl sites for hydroxylation is 2. The molecule has 1 N–H and O–H groups in total. The van der Waals surface area contributed by atoms with Crippen molar-refractivity contribution >= 4 is 28.9 Å². The van der Waals surface area contributed by atoms with Gasteiger partial charge in [0.05, 0.1) is 27.6 Å². The van der Waals surface area contributed by atoms with Crippen molar-refractivity contribution in [3.8, 4) is 0 Å². The molecule has 1 aromatic carbocycles. The first-order valence-electron chi connectivity index (χ1n) is 9.74. The van der Waals surface area contributed by atoms with E-state index in [4.69, 9.17) is 4.74 Å². The molecule has 0 unspecified atom stereocenters. The van der Waals surface area contributed by atoms with Crippen LogP contribution in [-0.4, -0.2) is 45.8 Å². The molecule has 0 aliphatic carbocycles. The van der Waals surface area contributed by atoms with Crippen LogP contribution in [-0.2, 0) is 16.6 Å². The van der Waals surface area contributed by atoms with Gasteiger partial charge in [-0.2, -0.15) is 5.10 Å². The number of ether oxygens (including phenoxy) is 1. The number of nitrogens with one attached hydrogen (secondary N) is 1. The lowest BCUT2D eigenvalue weighted by Gasteiger charge is -2.18. The van der Waals surface area contributed by atoms with Crippen molar-refractivity contribution in [1.82, 2.24) is 9.78 Å². The predicted octanol–water partition coefficient (Wildman–Crippen LogP) is 2.73. The zero-order valence-corrected chi connectivity index (χ0v) is 17.5. The van der Waals surface area contributed by atoms with Crippen LogP contribution >= 0.6 is 0 Å². The summed E-state index contributed by atoms with van der Waals surface area (Å²) < 4.78 is 6.88. The number of carbonyl (C=O) groups excluding carboxylic acids is 2. The van der Waals surface area contributed by atoms with Crippen LogP contribution in [0.3, 0.4) is 0 Å². The van der Waals surface area contributed by atoms with Crippen molar-refractivity contribution in [2.24, 2.45) is 7.05 Å². The number of hydrogen-bond acceptors (Lipinski definition) is 7. The Kier molecular flexibility index (Phi) is 6.04. The molecular weight excluding hydrogens is 390 g/mol.